The van der Waals surface area contributed by atoms with Gasteiger partial charge in [0.1, 0.15) is 19.0 Å². The fourth-order valence-electron chi connectivity index (χ4n) is 3.90. The van der Waals surface area contributed by atoms with E-state index in [0.29, 0.717) is 43.1 Å². The fraction of sp³-hybridized carbons (Fsp3) is 0.318. The van der Waals surface area contributed by atoms with Crippen LogP contribution in [0.15, 0.2) is 51.8 Å². The number of ether oxygens (including phenoxy) is 2. The average Bonchev–Trinajstić information content (AvgIpc) is 3.32. The Balaban J connectivity index is 1.26. The molecule has 2 aliphatic heterocycles. The summed E-state index contributed by atoms with van der Waals surface area (Å²) in [6.07, 6.45) is 1.01. The number of sulfonamides is 1. The van der Waals surface area contributed by atoms with Crippen LogP contribution < -0.4 is 14.8 Å². The molecule has 0 radical (unpaired) electrons. The Morgan fingerprint density at radius 2 is 1.82 bits per heavy atom. The molecule has 0 saturated carbocycles. The number of nitrogens with one attached hydrogen (secondary N) is 1. The third kappa shape index (κ3) is 4.46. The molecule has 0 spiro atoms. The van der Waals surface area contributed by atoms with Crippen molar-refractivity contribution >= 4 is 21.9 Å². The van der Waals surface area contributed by atoms with Gasteiger partial charge in [0, 0.05) is 18.7 Å². The van der Waals surface area contributed by atoms with Crippen molar-refractivity contribution in [2.45, 2.75) is 17.7 Å². The lowest BCUT2D eigenvalue weighted by Gasteiger charge is -2.30. The number of carbonyl (C=O) groups excluding carboxylic acids is 1. The van der Waals surface area contributed by atoms with E-state index in [4.69, 9.17) is 13.9 Å². The highest BCUT2D eigenvalue weighted by atomic mass is 32.2. The lowest BCUT2D eigenvalue weighted by molar-refractivity contribution is -0.121. The third-order valence-corrected chi connectivity index (χ3v) is 7.53. The van der Waals surface area contributed by atoms with Crippen LogP contribution >= 0.6 is 0 Å². The molecule has 1 saturated heterocycles. The van der Waals surface area contributed by atoms with E-state index in [1.165, 1.54) is 16.4 Å². The van der Waals surface area contributed by atoms with E-state index in [2.05, 4.69) is 15.5 Å². The summed E-state index contributed by atoms with van der Waals surface area (Å²) in [6, 6.07) is 9.72. The first-order valence-electron chi connectivity index (χ1n) is 10.7. The Labute approximate surface area is 194 Å². The third-order valence-electron chi connectivity index (χ3n) is 5.65. The van der Waals surface area contributed by atoms with Gasteiger partial charge in [-0.1, -0.05) is 5.10 Å². The molecule has 3 heterocycles. The van der Waals surface area contributed by atoms with Gasteiger partial charge in [-0.05, 0) is 55.3 Å². The molecular formula is C22H21FN4O6S. The van der Waals surface area contributed by atoms with E-state index in [0.717, 1.165) is 12.1 Å². The van der Waals surface area contributed by atoms with E-state index in [1.807, 2.05) is 0 Å². The zero-order valence-electron chi connectivity index (χ0n) is 17.9. The topological polar surface area (TPSA) is 124 Å². The van der Waals surface area contributed by atoms with Gasteiger partial charge in [0.15, 0.2) is 11.5 Å². The molecule has 2 aliphatic rings. The summed E-state index contributed by atoms with van der Waals surface area (Å²) in [7, 11) is -3.84. The molecule has 1 N–H and O–H groups in total. The van der Waals surface area contributed by atoms with Gasteiger partial charge in [-0.2, -0.15) is 4.31 Å². The second kappa shape index (κ2) is 9.03. The highest BCUT2D eigenvalue weighted by molar-refractivity contribution is 7.89. The Kier molecular flexibility index (Phi) is 5.92. The van der Waals surface area contributed by atoms with Gasteiger partial charge in [-0.15, -0.1) is 5.10 Å². The molecule has 1 aromatic heterocycles. The molecule has 178 valence electrons. The largest absolute Gasteiger partial charge is 0.486 e. The van der Waals surface area contributed by atoms with Crippen molar-refractivity contribution in [2.75, 3.05) is 31.6 Å². The SMILES string of the molecule is O=C(Nc1nnc(-c2ccc3c(c2)OCCO3)o1)C1CCCN(S(=O)(=O)c2ccc(F)cc2)C1. The minimum absolute atomic E-state index is 0.00526. The van der Waals surface area contributed by atoms with Crippen molar-refractivity contribution in [2.24, 2.45) is 5.92 Å². The molecule has 1 amide bonds. The number of carbonyl (C=O) groups is 1. The number of fused-ring (bicyclic) bond motifs is 1. The van der Waals surface area contributed by atoms with Gasteiger partial charge in [0.05, 0.1) is 10.8 Å². The van der Waals surface area contributed by atoms with E-state index in [1.54, 1.807) is 18.2 Å². The molecule has 5 rings (SSSR count). The average molecular weight is 488 g/mol. The second-order valence-corrected chi connectivity index (χ2v) is 9.85. The van der Waals surface area contributed by atoms with Crippen LogP contribution in [0.2, 0.25) is 0 Å². The molecular weight excluding hydrogens is 467 g/mol. The Morgan fingerprint density at radius 3 is 2.62 bits per heavy atom. The highest BCUT2D eigenvalue weighted by Crippen LogP contribution is 2.34. The Hall–Kier alpha value is -3.51. The molecule has 0 bridgehead atoms. The molecule has 34 heavy (non-hydrogen) atoms. The van der Waals surface area contributed by atoms with Crippen molar-refractivity contribution in [3.8, 4) is 23.0 Å². The van der Waals surface area contributed by atoms with Crippen LogP contribution in [0, 0.1) is 11.7 Å². The van der Waals surface area contributed by atoms with Crippen LogP contribution in [0.1, 0.15) is 12.8 Å². The molecule has 3 aromatic rings. The van der Waals surface area contributed by atoms with E-state index < -0.39 is 27.7 Å². The maximum atomic E-state index is 13.2. The number of anilines is 1. The minimum Gasteiger partial charge on any atom is -0.486 e. The monoisotopic (exact) mass is 488 g/mol. The number of amides is 1. The molecule has 0 aliphatic carbocycles. The van der Waals surface area contributed by atoms with Gasteiger partial charge < -0.3 is 13.9 Å². The summed E-state index contributed by atoms with van der Waals surface area (Å²) in [5.41, 5.74) is 0.603. The maximum Gasteiger partial charge on any atom is 0.322 e. The number of aromatic nitrogens is 2. The first-order chi connectivity index (χ1) is 16.4. The van der Waals surface area contributed by atoms with Crippen molar-refractivity contribution in [3.05, 3.63) is 48.3 Å². The summed E-state index contributed by atoms with van der Waals surface area (Å²) in [6.45, 7) is 1.19. The smallest absolute Gasteiger partial charge is 0.322 e. The molecule has 10 nitrogen and oxygen atoms in total. The van der Waals surface area contributed by atoms with Crippen LogP contribution in [-0.2, 0) is 14.8 Å². The maximum absolute atomic E-state index is 13.2. The number of piperidine rings is 1. The first-order valence-corrected chi connectivity index (χ1v) is 12.1. The number of nitrogens with zero attached hydrogens (tertiary/aromatic N) is 3. The van der Waals surface area contributed by atoms with Crippen LogP contribution in [0.3, 0.4) is 0 Å². The molecule has 1 atom stereocenters. The lowest BCUT2D eigenvalue weighted by atomic mass is 9.99. The molecule has 1 fully saturated rings. The van der Waals surface area contributed by atoms with Crippen LogP contribution in [0.4, 0.5) is 10.4 Å². The predicted octanol–water partition coefficient (Wildman–Crippen LogP) is 2.69. The van der Waals surface area contributed by atoms with Crippen molar-refractivity contribution in [1.29, 1.82) is 0 Å². The predicted molar refractivity (Wildman–Crippen MR) is 117 cm³/mol. The van der Waals surface area contributed by atoms with E-state index >= 15 is 0 Å². The molecule has 12 heteroatoms. The summed E-state index contributed by atoms with van der Waals surface area (Å²) < 4.78 is 56.8. The lowest BCUT2D eigenvalue weighted by Crippen LogP contribution is -2.43. The normalized spacial score (nSPS) is 18.4. The van der Waals surface area contributed by atoms with Gasteiger partial charge in [0.2, 0.25) is 21.8 Å². The zero-order chi connectivity index (χ0) is 23.7. The standard InChI is InChI=1S/C22H21FN4O6S/c23-16-4-6-17(7-5-16)34(29,30)27-9-1-2-15(13-27)20(28)24-22-26-25-21(33-22)14-3-8-18-19(12-14)32-11-10-31-18/h3-8,12,15H,1-2,9-11,13H2,(H,24,26,28). The van der Waals surface area contributed by atoms with Gasteiger partial charge in [-0.3, -0.25) is 10.1 Å². The van der Waals surface area contributed by atoms with Gasteiger partial charge >= 0.3 is 6.01 Å². The quantitative estimate of drug-likeness (QED) is 0.581. The number of hydrogen-bond donors (Lipinski definition) is 1. The summed E-state index contributed by atoms with van der Waals surface area (Å²) >= 11 is 0. The highest BCUT2D eigenvalue weighted by Gasteiger charge is 2.34. The Morgan fingerprint density at radius 1 is 1.06 bits per heavy atom. The first kappa shape index (κ1) is 22.3. The van der Waals surface area contributed by atoms with Crippen LogP contribution in [0.5, 0.6) is 11.5 Å². The van der Waals surface area contributed by atoms with Crippen molar-refractivity contribution in [3.63, 3.8) is 0 Å². The number of halogens is 1. The van der Waals surface area contributed by atoms with E-state index in [9.17, 15) is 17.6 Å². The van der Waals surface area contributed by atoms with Crippen molar-refractivity contribution in [1.82, 2.24) is 14.5 Å². The van der Waals surface area contributed by atoms with Gasteiger partial charge in [0.25, 0.3) is 0 Å². The zero-order valence-corrected chi connectivity index (χ0v) is 18.8. The van der Waals surface area contributed by atoms with Crippen LogP contribution in [-0.4, -0.2) is 55.1 Å². The van der Waals surface area contributed by atoms with Crippen LogP contribution in [0.25, 0.3) is 11.5 Å². The van der Waals surface area contributed by atoms with E-state index in [-0.39, 0.29) is 29.9 Å². The summed E-state index contributed by atoms with van der Waals surface area (Å²) in [4.78, 5) is 12.8. The van der Waals surface area contributed by atoms with Gasteiger partial charge in [-0.25, -0.2) is 12.8 Å². The minimum atomic E-state index is -3.84. The molecule has 2 aromatic carbocycles. The Bertz CT molecular complexity index is 1310. The summed E-state index contributed by atoms with van der Waals surface area (Å²) in [5.74, 6) is -0.163. The number of rotatable bonds is 5. The van der Waals surface area contributed by atoms with Crippen molar-refractivity contribution < 1.29 is 31.5 Å². The number of hydrogen-bond acceptors (Lipinski definition) is 8. The molecule has 1 unspecified atom stereocenters. The summed E-state index contributed by atoms with van der Waals surface area (Å²) in [5, 5.41) is 10.4. The number of benzene rings is 2. The second-order valence-electron chi connectivity index (χ2n) is 7.92. The fourth-order valence-corrected chi connectivity index (χ4v) is 5.43.